The normalized spacial score (nSPS) is 11.9. The molecule has 0 N–H and O–H groups in total. The number of hydrogen-bond acceptors (Lipinski definition) is 6. The maximum Gasteiger partial charge on any atom is 0.306 e. The minimum atomic E-state index is -0.762. The molecule has 0 fully saturated rings. The quantitative estimate of drug-likeness (QED) is 0.0343. The second-order valence-corrected chi connectivity index (χ2v) is 23.1. The molecule has 1 atom stereocenters. The molecule has 6 nitrogen and oxygen atoms in total. The van der Waals surface area contributed by atoms with Crippen molar-refractivity contribution in [2.24, 2.45) is 0 Å². The van der Waals surface area contributed by atoms with E-state index < -0.39 is 6.10 Å². The summed E-state index contributed by atoms with van der Waals surface area (Å²) in [6.45, 7) is 6.73. The molecular formula is C67H130O6. The van der Waals surface area contributed by atoms with E-state index in [9.17, 15) is 14.4 Å². The maximum absolute atomic E-state index is 12.9. The Morgan fingerprint density at radius 2 is 0.370 bits per heavy atom. The first-order valence-electron chi connectivity index (χ1n) is 33.5. The van der Waals surface area contributed by atoms with Gasteiger partial charge in [0, 0.05) is 19.3 Å². The molecule has 0 aliphatic heterocycles. The first kappa shape index (κ1) is 71.4. The number of ether oxygens (including phenoxy) is 3. The van der Waals surface area contributed by atoms with E-state index in [1.165, 1.54) is 295 Å². The second-order valence-electron chi connectivity index (χ2n) is 23.1. The fraction of sp³-hybridized carbons (Fsp3) is 0.955. The summed E-state index contributed by atoms with van der Waals surface area (Å²) in [6, 6.07) is 0. The summed E-state index contributed by atoms with van der Waals surface area (Å²) >= 11 is 0. The van der Waals surface area contributed by atoms with Crippen molar-refractivity contribution in [3.8, 4) is 0 Å². The van der Waals surface area contributed by atoms with Gasteiger partial charge in [0.2, 0.25) is 0 Å². The zero-order chi connectivity index (χ0) is 52.9. The third-order valence-electron chi connectivity index (χ3n) is 15.6. The van der Waals surface area contributed by atoms with E-state index in [0.29, 0.717) is 19.3 Å². The summed E-state index contributed by atoms with van der Waals surface area (Å²) < 4.78 is 17.0. The highest BCUT2D eigenvalue weighted by molar-refractivity contribution is 5.71. The Kier molecular flexibility index (Phi) is 61.6. The van der Waals surface area contributed by atoms with Crippen LogP contribution in [0.1, 0.15) is 393 Å². The highest BCUT2D eigenvalue weighted by Gasteiger charge is 2.19. The van der Waals surface area contributed by atoms with E-state index in [0.717, 1.165) is 57.8 Å². The van der Waals surface area contributed by atoms with Crippen LogP contribution in [0.25, 0.3) is 0 Å². The van der Waals surface area contributed by atoms with Gasteiger partial charge in [-0.25, -0.2) is 0 Å². The van der Waals surface area contributed by atoms with Crippen LogP contribution in [0.15, 0.2) is 0 Å². The lowest BCUT2D eigenvalue weighted by molar-refractivity contribution is -0.167. The molecule has 0 bridgehead atoms. The summed E-state index contributed by atoms with van der Waals surface area (Å²) in [5, 5.41) is 0. The fourth-order valence-electron chi connectivity index (χ4n) is 10.6. The van der Waals surface area contributed by atoms with E-state index >= 15 is 0 Å². The van der Waals surface area contributed by atoms with E-state index in [-0.39, 0.29) is 31.1 Å². The highest BCUT2D eigenvalue weighted by Crippen LogP contribution is 2.19. The average Bonchev–Trinajstić information content (AvgIpc) is 3.39. The van der Waals surface area contributed by atoms with Gasteiger partial charge >= 0.3 is 17.9 Å². The van der Waals surface area contributed by atoms with Crippen LogP contribution in [0, 0.1) is 0 Å². The largest absolute Gasteiger partial charge is 0.462 e. The third kappa shape index (κ3) is 61.1. The van der Waals surface area contributed by atoms with E-state index in [1.807, 2.05) is 0 Å². The Bertz CT molecular complexity index is 1090. The molecule has 0 aromatic carbocycles. The van der Waals surface area contributed by atoms with E-state index in [4.69, 9.17) is 14.2 Å². The lowest BCUT2D eigenvalue weighted by Gasteiger charge is -2.18. The summed E-state index contributed by atoms with van der Waals surface area (Å²) in [4.78, 5) is 38.3. The van der Waals surface area contributed by atoms with Crippen molar-refractivity contribution in [2.45, 2.75) is 399 Å². The van der Waals surface area contributed by atoms with Crippen molar-refractivity contribution in [1.29, 1.82) is 0 Å². The molecular weight excluding hydrogens is 901 g/mol. The van der Waals surface area contributed by atoms with Gasteiger partial charge in [0.25, 0.3) is 0 Å². The molecule has 0 spiro atoms. The topological polar surface area (TPSA) is 78.9 Å². The van der Waals surface area contributed by atoms with Crippen LogP contribution in [0.5, 0.6) is 0 Å². The number of rotatable bonds is 63. The molecule has 0 amide bonds. The maximum atomic E-state index is 12.9. The van der Waals surface area contributed by atoms with E-state index in [2.05, 4.69) is 20.8 Å². The van der Waals surface area contributed by atoms with Crippen LogP contribution in [0.4, 0.5) is 0 Å². The smallest absolute Gasteiger partial charge is 0.306 e. The van der Waals surface area contributed by atoms with Crippen molar-refractivity contribution >= 4 is 17.9 Å². The molecule has 1 unspecified atom stereocenters. The molecule has 0 aromatic rings. The lowest BCUT2D eigenvalue weighted by Crippen LogP contribution is -2.30. The molecule has 0 rings (SSSR count). The molecule has 0 radical (unpaired) electrons. The molecule has 0 saturated carbocycles. The van der Waals surface area contributed by atoms with Gasteiger partial charge in [0.1, 0.15) is 13.2 Å². The molecule has 0 aromatic heterocycles. The minimum absolute atomic E-state index is 0.0606. The monoisotopic (exact) mass is 1030 g/mol. The van der Waals surface area contributed by atoms with Crippen molar-refractivity contribution in [1.82, 2.24) is 0 Å². The second kappa shape index (κ2) is 62.9. The highest BCUT2D eigenvalue weighted by atomic mass is 16.6. The van der Waals surface area contributed by atoms with Crippen molar-refractivity contribution < 1.29 is 28.6 Å². The molecule has 0 aliphatic carbocycles. The summed E-state index contributed by atoms with van der Waals surface area (Å²) in [5.74, 6) is -0.825. The van der Waals surface area contributed by atoms with Gasteiger partial charge in [-0.2, -0.15) is 0 Å². The number of esters is 3. The number of carbonyl (C=O) groups excluding carboxylic acids is 3. The molecule has 0 heterocycles. The zero-order valence-electron chi connectivity index (χ0n) is 50.0. The first-order chi connectivity index (χ1) is 36.0. The molecule has 0 aliphatic rings. The average molecular weight is 1030 g/mol. The Labute approximate surface area is 457 Å². The standard InChI is InChI=1S/C67H130O6/c1-4-7-10-13-16-19-22-24-26-28-30-32-33-34-35-37-38-40-42-45-48-51-54-57-60-66(69)72-63-64(62-71-65(68)59-56-53-50-47-44-21-18-15-12-9-6-3)73-67(70)61-58-55-52-49-46-43-41-39-36-31-29-27-25-23-20-17-14-11-8-5-2/h64H,4-63H2,1-3H3. The summed E-state index contributed by atoms with van der Waals surface area (Å²) in [7, 11) is 0. The molecule has 6 heteroatoms. The first-order valence-corrected chi connectivity index (χ1v) is 33.5. The summed E-state index contributed by atoms with van der Waals surface area (Å²) in [6.07, 6.45) is 72.7. The van der Waals surface area contributed by atoms with Gasteiger partial charge < -0.3 is 14.2 Å². The fourth-order valence-corrected chi connectivity index (χ4v) is 10.6. The SMILES string of the molecule is CCCCCCCCCCCCCCCCCCCCCCCCCCC(=O)OCC(COC(=O)CCCCCCCCCCCCC)OC(=O)CCCCCCCCCCCCCCCCCCCCCC. The predicted octanol–water partition coefficient (Wildman–Crippen LogP) is 22.7. The lowest BCUT2D eigenvalue weighted by atomic mass is 10.0. The number of unbranched alkanes of at least 4 members (excludes halogenated alkanes) is 52. The van der Waals surface area contributed by atoms with Gasteiger partial charge in [-0.3, -0.25) is 14.4 Å². The molecule has 434 valence electrons. The van der Waals surface area contributed by atoms with Crippen LogP contribution in [0.2, 0.25) is 0 Å². The van der Waals surface area contributed by atoms with Gasteiger partial charge in [0.15, 0.2) is 6.10 Å². The van der Waals surface area contributed by atoms with Crippen LogP contribution in [-0.2, 0) is 28.6 Å². The molecule has 0 saturated heterocycles. The van der Waals surface area contributed by atoms with Crippen LogP contribution in [-0.4, -0.2) is 37.2 Å². The number of hydrogen-bond donors (Lipinski definition) is 0. The Hall–Kier alpha value is -1.59. The van der Waals surface area contributed by atoms with Gasteiger partial charge in [-0.05, 0) is 19.3 Å². The van der Waals surface area contributed by atoms with E-state index in [1.54, 1.807) is 0 Å². The van der Waals surface area contributed by atoms with Crippen LogP contribution < -0.4 is 0 Å². The van der Waals surface area contributed by atoms with Crippen LogP contribution in [0.3, 0.4) is 0 Å². The third-order valence-corrected chi connectivity index (χ3v) is 15.6. The van der Waals surface area contributed by atoms with Crippen molar-refractivity contribution in [3.63, 3.8) is 0 Å². The Morgan fingerprint density at radius 1 is 0.219 bits per heavy atom. The molecule has 73 heavy (non-hydrogen) atoms. The summed E-state index contributed by atoms with van der Waals surface area (Å²) in [5.41, 5.74) is 0. The van der Waals surface area contributed by atoms with Gasteiger partial charge in [-0.1, -0.05) is 355 Å². The Balaban J connectivity index is 4.16. The minimum Gasteiger partial charge on any atom is -0.462 e. The van der Waals surface area contributed by atoms with Gasteiger partial charge in [-0.15, -0.1) is 0 Å². The van der Waals surface area contributed by atoms with Crippen LogP contribution >= 0.6 is 0 Å². The zero-order valence-corrected chi connectivity index (χ0v) is 50.0. The van der Waals surface area contributed by atoms with Crippen molar-refractivity contribution in [2.75, 3.05) is 13.2 Å². The van der Waals surface area contributed by atoms with Gasteiger partial charge in [0.05, 0.1) is 0 Å². The Morgan fingerprint density at radius 3 is 0.548 bits per heavy atom. The van der Waals surface area contributed by atoms with Crippen molar-refractivity contribution in [3.05, 3.63) is 0 Å². The predicted molar refractivity (Wildman–Crippen MR) is 317 cm³/mol. The number of carbonyl (C=O) groups is 3.